The molecule has 0 radical (unpaired) electrons. The van der Waals surface area contributed by atoms with Gasteiger partial charge < -0.3 is 5.32 Å². The van der Waals surface area contributed by atoms with Gasteiger partial charge in [0, 0.05) is 16.0 Å². The van der Waals surface area contributed by atoms with Crippen LogP contribution in [0.15, 0.2) is 40.9 Å². The lowest BCUT2D eigenvalue weighted by molar-refractivity contribution is 0.630. The third-order valence-electron chi connectivity index (χ3n) is 2.61. The van der Waals surface area contributed by atoms with Gasteiger partial charge in [0.05, 0.1) is 5.69 Å². The summed E-state index contributed by atoms with van der Waals surface area (Å²) in [5.41, 5.74) is 2.51. The number of aryl methyl sites for hydroxylation is 1. The molecular weight excluding hydrogens is 317 g/mol. The summed E-state index contributed by atoms with van der Waals surface area (Å²) >= 11 is 9.44. The molecule has 0 unspecified atom stereocenters. The molecule has 0 saturated carbocycles. The van der Waals surface area contributed by atoms with E-state index < -0.39 is 0 Å². The second-order valence-electron chi connectivity index (χ2n) is 4.07. The Labute approximate surface area is 119 Å². The predicted molar refractivity (Wildman–Crippen MR) is 77.6 cm³/mol. The quantitative estimate of drug-likeness (QED) is 0.820. The number of halogens is 3. The van der Waals surface area contributed by atoms with Crippen molar-refractivity contribution in [3.8, 4) is 0 Å². The molecule has 0 bridgehead atoms. The molecule has 2 aromatic carbocycles. The average molecular weight is 329 g/mol. The molecule has 1 nitrogen and oxygen atoms in total. The smallest absolute Gasteiger partial charge is 0.146 e. The van der Waals surface area contributed by atoms with Crippen LogP contribution in [0.25, 0.3) is 0 Å². The van der Waals surface area contributed by atoms with E-state index in [1.54, 1.807) is 12.1 Å². The highest BCUT2D eigenvalue weighted by molar-refractivity contribution is 9.10. The summed E-state index contributed by atoms with van der Waals surface area (Å²) in [6.45, 7) is 2.48. The van der Waals surface area contributed by atoms with E-state index in [-0.39, 0.29) is 5.82 Å². The molecule has 0 amide bonds. The number of rotatable bonds is 3. The van der Waals surface area contributed by atoms with E-state index in [1.165, 1.54) is 6.07 Å². The van der Waals surface area contributed by atoms with Crippen LogP contribution in [0.2, 0.25) is 5.02 Å². The van der Waals surface area contributed by atoms with Crippen LogP contribution >= 0.6 is 27.5 Å². The van der Waals surface area contributed by atoms with Gasteiger partial charge >= 0.3 is 0 Å². The number of nitrogens with one attached hydrogen (secondary N) is 1. The Morgan fingerprint density at radius 2 is 2.00 bits per heavy atom. The number of hydrogen-bond donors (Lipinski definition) is 1. The summed E-state index contributed by atoms with van der Waals surface area (Å²) < 4.78 is 14.4. The second kappa shape index (κ2) is 5.72. The highest BCUT2D eigenvalue weighted by Crippen LogP contribution is 2.23. The van der Waals surface area contributed by atoms with Crippen LogP contribution in [-0.4, -0.2) is 0 Å². The summed E-state index contributed by atoms with van der Waals surface area (Å²) in [5, 5.41) is 3.73. The molecule has 0 aromatic heterocycles. The molecule has 0 fully saturated rings. The molecule has 0 spiro atoms. The first-order valence-corrected chi connectivity index (χ1v) is 6.67. The van der Waals surface area contributed by atoms with Gasteiger partial charge in [-0.05, 0) is 42.3 Å². The first-order valence-electron chi connectivity index (χ1n) is 5.50. The van der Waals surface area contributed by atoms with E-state index in [9.17, 15) is 4.39 Å². The molecule has 94 valence electrons. The van der Waals surface area contributed by atoms with Gasteiger partial charge in [0.15, 0.2) is 0 Å². The molecule has 4 heteroatoms. The van der Waals surface area contributed by atoms with Crippen LogP contribution < -0.4 is 5.32 Å². The molecule has 2 aromatic rings. The third kappa shape index (κ3) is 3.24. The minimum absolute atomic E-state index is 0.276. The van der Waals surface area contributed by atoms with Crippen molar-refractivity contribution in [3.05, 3.63) is 62.8 Å². The van der Waals surface area contributed by atoms with Crippen molar-refractivity contribution in [2.75, 3.05) is 5.32 Å². The zero-order valence-electron chi connectivity index (χ0n) is 9.81. The van der Waals surface area contributed by atoms with Crippen LogP contribution in [0.4, 0.5) is 10.1 Å². The highest BCUT2D eigenvalue weighted by Gasteiger charge is 2.04. The number of anilines is 1. The van der Waals surface area contributed by atoms with Gasteiger partial charge in [-0.3, -0.25) is 0 Å². The van der Waals surface area contributed by atoms with Crippen molar-refractivity contribution in [2.24, 2.45) is 0 Å². The van der Waals surface area contributed by atoms with Crippen molar-refractivity contribution >= 4 is 33.2 Å². The van der Waals surface area contributed by atoms with Gasteiger partial charge in [-0.1, -0.05) is 39.7 Å². The van der Waals surface area contributed by atoms with Crippen molar-refractivity contribution in [3.63, 3.8) is 0 Å². The minimum Gasteiger partial charge on any atom is -0.379 e. The van der Waals surface area contributed by atoms with E-state index >= 15 is 0 Å². The van der Waals surface area contributed by atoms with Crippen molar-refractivity contribution in [1.29, 1.82) is 0 Å². The average Bonchev–Trinajstić information content (AvgIpc) is 2.32. The molecule has 0 atom stereocenters. The fraction of sp³-hybridized carbons (Fsp3) is 0.143. The maximum Gasteiger partial charge on any atom is 0.146 e. The highest BCUT2D eigenvalue weighted by atomic mass is 79.9. The lowest BCUT2D eigenvalue weighted by Gasteiger charge is -2.10. The normalized spacial score (nSPS) is 10.4. The lowest BCUT2D eigenvalue weighted by atomic mass is 10.1. The standard InChI is InChI=1S/C14H12BrClFN/c1-9-2-3-10(12(16)6-9)8-18-14-7-11(15)4-5-13(14)17/h2-7,18H,8H2,1H3. The number of hydrogen-bond acceptors (Lipinski definition) is 1. The Bertz CT molecular complexity index is 572. The second-order valence-corrected chi connectivity index (χ2v) is 5.40. The Hall–Kier alpha value is -1.06. The molecule has 2 rings (SSSR count). The zero-order valence-corrected chi connectivity index (χ0v) is 12.1. The molecule has 0 heterocycles. The fourth-order valence-corrected chi connectivity index (χ4v) is 2.28. The van der Waals surface area contributed by atoms with E-state index in [0.717, 1.165) is 15.6 Å². The van der Waals surface area contributed by atoms with E-state index in [2.05, 4.69) is 21.2 Å². The summed E-state index contributed by atoms with van der Waals surface area (Å²) in [7, 11) is 0. The third-order valence-corrected chi connectivity index (χ3v) is 3.45. The summed E-state index contributed by atoms with van der Waals surface area (Å²) in [4.78, 5) is 0. The molecule has 1 N–H and O–H groups in total. The van der Waals surface area contributed by atoms with Gasteiger partial charge in [-0.2, -0.15) is 0 Å². The number of benzene rings is 2. The van der Waals surface area contributed by atoms with Gasteiger partial charge in [0.2, 0.25) is 0 Å². The fourth-order valence-electron chi connectivity index (χ4n) is 1.62. The van der Waals surface area contributed by atoms with Crippen LogP contribution in [0.5, 0.6) is 0 Å². The Balaban J connectivity index is 2.13. The first-order chi connectivity index (χ1) is 8.56. The van der Waals surface area contributed by atoms with Gasteiger partial charge in [0.1, 0.15) is 5.82 Å². The van der Waals surface area contributed by atoms with Crippen LogP contribution in [0.3, 0.4) is 0 Å². The molecule has 0 aliphatic heterocycles. The maximum absolute atomic E-state index is 13.5. The van der Waals surface area contributed by atoms with Gasteiger partial charge in [0.25, 0.3) is 0 Å². The van der Waals surface area contributed by atoms with Crippen molar-refractivity contribution < 1.29 is 4.39 Å². The monoisotopic (exact) mass is 327 g/mol. The maximum atomic E-state index is 13.5. The molecule has 0 saturated heterocycles. The summed E-state index contributed by atoms with van der Waals surface area (Å²) in [5.74, 6) is -0.276. The lowest BCUT2D eigenvalue weighted by Crippen LogP contribution is -2.02. The summed E-state index contributed by atoms with van der Waals surface area (Å²) in [6.07, 6.45) is 0. The largest absolute Gasteiger partial charge is 0.379 e. The topological polar surface area (TPSA) is 12.0 Å². The van der Waals surface area contributed by atoms with Gasteiger partial charge in [-0.15, -0.1) is 0 Å². The Morgan fingerprint density at radius 1 is 1.22 bits per heavy atom. The predicted octanol–water partition coefficient (Wildman–Crippen LogP) is 5.16. The van der Waals surface area contributed by atoms with E-state index in [0.29, 0.717) is 17.3 Å². The minimum atomic E-state index is -0.276. The molecule has 0 aliphatic carbocycles. The van der Waals surface area contributed by atoms with Crippen LogP contribution in [-0.2, 0) is 6.54 Å². The Kier molecular flexibility index (Phi) is 4.25. The summed E-state index contributed by atoms with van der Waals surface area (Å²) in [6, 6.07) is 10.6. The van der Waals surface area contributed by atoms with E-state index in [4.69, 9.17) is 11.6 Å². The van der Waals surface area contributed by atoms with Crippen molar-refractivity contribution in [2.45, 2.75) is 13.5 Å². The van der Waals surface area contributed by atoms with Gasteiger partial charge in [-0.25, -0.2) is 4.39 Å². The Morgan fingerprint density at radius 3 is 2.72 bits per heavy atom. The van der Waals surface area contributed by atoms with Crippen molar-refractivity contribution in [1.82, 2.24) is 0 Å². The molecular formula is C14H12BrClFN. The molecule has 18 heavy (non-hydrogen) atoms. The zero-order chi connectivity index (χ0) is 13.1. The van der Waals surface area contributed by atoms with Crippen LogP contribution in [0, 0.1) is 12.7 Å². The first kappa shape index (κ1) is 13.4. The SMILES string of the molecule is Cc1ccc(CNc2cc(Br)ccc2F)c(Cl)c1. The molecule has 0 aliphatic rings. The van der Waals surface area contributed by atoms with E-state index in [1.807, 2.05) is 25.1 Å². The van der Waals surface area contributed by atoms with Crippen LogP contribution in [0.1, 0.15) is 11.1 Å².